The topological polar surface area (TPSA) is 76.1 Å². The van der Waals surface area contributed by atoms with Crippen LogP contribution < -0.4 is 10.6 Å². The van der Waals surface area contributed by atoms with E-state index in [1.807, 2.05) is 0 Å². The Hall–Kier alpha value is -0.860. The number of anilines is 1. The summed E-state index contributed by atoms with van der Waals surface area (Å²) in [6, 6.07) is 0. The van der Waals surface area contributed by atoms with Crippen molar-refractivity contribution in [2.45, 2.75) is 43.1 Å². The number of unbranched alkanes of at least 4 members (excludes halogenated alkanes) is 1. The van der Waals surface area contributed by atoms with Crippen LogP contribution in [0.4, 0.5) is 5.13 Å². The predicted octanol–water partition coefficient (Wildman–Crippen LogP) is 2.14. The summed E-state index contributed by atoms with van der Waals surface area (Å²) in [7, 11) is 0. The SMILES string of the molecule is CCCCNc1nnc(SCC(=O)NCC2CCCO2)s1. The minimum absolute atomic E-state index is 0.0196. The van der Waals surface area contributed by atoms with Gasteiger partial charge in [0, 0.05) is 19.7 Å². The van der Waals surface area contributed by atoms with E-state index in [9.17, 15) is 4.79 Å². The fraction of sp³-hybridized carbons (Fsp3) is 0.769. The van der Waals surface area contributed by atoms with E-state index in [1.54, 1.807) is 0 Å². The van der Waals surface area contributed by atoms with Crippen molar-refractivity contribution in [1.82, 2.24) is 15.5 Å². The van der Waals surface area contributed by atoms with E-state index in [4.69, 9.17) is 4.74 Å². The summed E-state index contributed by atoms with van der Waals surface area (Å²) in [6.07, 6.45) is 4.59. The van der Waals surface area contributed by atoms with E-state index < -0.39 is 0 Å². The lowest BCUT2D eigenvalue weighted by Gasteiger charge is -2.09. The van der Waals surface area contributed by atoms with Gasteiger partial charge in [-0.3, -0.25) is 4.79 Å². The van der Waals surface area contributed by atoms with Gasteiger partial charge in [-0.05, 0) is 19.3 Å². The number of hydrogen-bond acceptors (Lipinski definition) is 7. The largest absolute Gasteiger partial charge is 0.376 e. The van der Waals surface area contributed by atoms with Crippen LogP contribution in [-0.2, 0) is 9.53 Å². The number of nitrogens with zero attached hydrogens (tertiary/aromatic N) is 2. The first kappa shape index (κ1) is 16.5. The number of carbonyl (C=O) groups is 1. The second-order valence-electron chi connectivity index (χ2n) is 4.88. The number of amides is 1. The number of ether oxygens (including phenoxy) is 1. The third kappa shape index (κ3) is 6.19. The van der Waals surface area contributed by atoms with Crippen molar-refractivity contribution in [1.29, 1.82) is 0 Å². The maximum atomic E-state index is 11.7. The highest BCUT2D eigenvalue weighted by molar-refractivity contribution is 8.01. The van der Waals surface area contributed by atoms with Gasteiger partial charge in [0.25, 0.3) is 0 Å². The van der Waals surface area contributed by atoms with Crippen LogP contribution in [-0.4, -0.2) is 47.7 Å². The molecule has 1 atom stereocenters. The third-order valence-corrected chi connectivity index (χ3v) is 5.10. The zero-order chi connectivity index (χ0) is 14.9. The van der Waals surface area contributed by atoms with Crippen molar-refractivity contribution in [3.63, 3.8) is 0 Å². The molecular formula is C13H22N4O2S2. The van der Waals surface area contributed by atoms with Crippen LogP contribution in [0.5, 0.6) is 0 Å². The molecule has 0 radical (unpaired) electrons. The predicted molar refractivity (Wildman–Crippen MR) is 86.0 cm³/mol. The van der Waals surface area contributed by atoms with Gasteiger partial charge >= 0.3 is 0 Å². The van der Waals surface area contributed by atoms with Gasteiger partial charge in [0.1, 0.15) is 0 Å². The van der Waals surface area contributed by atoms with Gasteiger partial charge in [-0.15, -0.1) is 10.2 Å². The lowest BCUT2D eigenvalue weighted by molar-refractivity contribution is -0.119. The lowest BCUT2D eigenvalue weighted by atomic mass is 10.2. The Morgan fingerprint density at radius 1 is 1.52 bits per heavy atom. The summed E-state index contributed by atoms with van der Waals surface area (Å²) < 4.78 is 6.29. The van der Waals surface area contributed by atoms with Crippen LogP contribution in [0.1, 0.15) is 32.6 Å². The van der Waals surface area contributed by atoms with E-state index in [2.05, 4.69) is 27.8 Å². The summed E-state index contributed by atoms with van der Waals surface area (Å²) in [4.78, 5) is 11.7. The molecule has 1 aromatic heterocycles. The molecule has 1 aliphatic rings. The molecule has 1 amide bonds. The van der Waals surface area contributed by atoms with Crippen molar-refractivity contribution in [2.75, 3.05) is 30.8 Å². The molecule has 1 aliphatic heterocycles. The Bertz CT molecular complexity index is 436. The molecule has 1 aromatic rings. The molecule has 0 spiro atoms. The zero-order valence-corrected chi connectivity index (χ0v) is 13.9. The molecule has 118 valence electrons. The minimum Gasteiger partial charge on any atom is -0.376 e. The monoisotopic (exact) mass is 330 g/mol. The van der Waals surface area contributed by atoms with Gasteiger partial charge < -0.3 is 15.4 Å². The van der Waals surface area contributed by atoms with Crippen LogP contribution in [0.3, 0.4) is 0 Å². The number of aromatic nitrogens is 2. The Labute approximate surface area is 133 Å². The molecule has 0 bridgehead atoms. The second-order valence-corrected chi connectivity index (χ2v) is 7.08. The van der Waals surface area contributed by atoms with Crippen molar-refractivity contribution in [2.24, 2.45) is 0 Å². The molecule has 0 aromatic carbocycles. The van der Waals surface area contributed by atoms with E-state index in [-0.39, 0.29) is 12.0 Å². The number of rotatable bonds is 9. The van der Waals surface area contributed by atoms with Crippen LogP contribution >= 0.6 is 23.1 Å². The first-order valence-corrected chi connectivity index (χ1v) is 9.16. The number of nitrogens with one attached hydrogen (secondary N) is 2. The van der Waals surface area contributed by atoms with Crippen LogP contribution in [0, 0.1) is 0 Å². The highest BCUT2D eigenvalue weighted by atomic mass is 32.2. The average Bonchev–Trinajstić information content (AvgIpc) is 3.15. The Kier molecular flexibility index (Phi) is 7.25. The van der Waals surface area contributed by atoms with Crippen LogP contribution in [0.2, 0.25) is 0 Å². The van der Waals surface area contributed by atoms with Gasteiger partial charge in [-0.25, -0.2) is 0 Å². The van der Waals surface area contributed by atoms with E-state index >= 15 is 0 Å². The molecule has 8 heteroatoms. The molecule has 0 aliphatic carbocycles. The standard InChI is InChI=1S/C13H22N4O2S2/c1-2-3-6-14-12-16-17-13(21-12)20-9-11(18)15-8-10-5-4-7-19-10/h10H,2-9H2,1H3,(H,14,16)(H,15,18). The normalized spacial score (nSPS) is 17.9. The molecule has 21 heavy (non-hydrogen) atoms. The Morgan fingerprint density at radius 3 is 3.19 bits per heavy atom. The first-order chi connectivity index (χ1) is 10.3. The first-order valence-electron chi connectivity index (χ1n) is 7.36. The third-order valence-electron chi connectivity index (χ3n) is 3.09. The molecule has 1 unspecified atom stereocenters. The van der Waals surface area contributed by atoms with Gasteiger partial charge in [-0.2, -0.15) is 0 Å². The van der Waals surface area contributed by atoms with Crippen LogP contribution in [0.25, 0.3) is 0 Å². The highest BCUT2D eigenvalue weighted by Gasteiger charge is 2.16. The number of hydrogen-bond donors (Lipinski definition) is 2. The van der Waals surface area contributed by atoms with Crippen LogP contribution in [0.15, 0.2) is 4.34 Å². The summed E-state index contributed by atoms with van der Waals surface area (Å²) in [6.45, 7) is 4.49. The van der Waals surface area contributed by atoms with E-state index in [1.165, 1.54) is 23.1 Å². The van der Waals surface area contributed by atoms with Crippen molar-refractivity contribution >= 4 is 34.1 Å². The van der Waals surface area contributed by atoms with Crippen molar-refractivity contribution in [3.8, 4) is 0 Å². The Morgan fingerprint density at radius 2 is 2.43 bits per heavy atom. The molecule has 6 nitrogen and oxygen atoms in total. The lowest BCUT2D eigenvalue weighted by Crippen LogP contribution is -2.32. The molecule has 2 heterocycles. The van der Waals surface area contributed by atoms with E-state index in [0.717, 1.165) is 48.3 Å². The van der Waals surface area contributed by atoms with Crippen molar-refractivity contribution in [3.05, 3.63) is 0 Å². The molecule has 2 N–H and O–H groups in total. The maximum Gasteiger partial charge on any atom is 0.230 e. The highest BCUT2D eigenvalue weighted by Crippen LogP contribution is 2.25. The van der Waals surface area contributed by atoms with Gasteiger partial charge in [0.15, 0.2) is 4.34 Å². The number of carbonyl (C=O) groups excluding carboxylic acids is 1. The maximum absolute atomic E-state index is 11.7. The fourth-order valence-corrected chi connectivity index (χ4v) is 3.53. The molecule has 1 saturated heterocycles. The number of thioether (sulfide) groups is 1. The van der Waals surface area contributed by atoms with Crippen molar-refractivity contribution < 1.29 is 9.53 Å². The van der Waals surface area contributed by atoms with Gasteiger partial charge in [0.05, 0.1) is 11.9 Å². The summed E-state index contributed by atoms with van der Waals surface area (Å²) in [5.41, 5.74) is 0. The zero-order valence-electron chi connectivity index (χ0n) is 12.3. The van der Waals surface area contributed by atoms with Gasteiger partial charge in [-0.1, -0.05) is 36.4 Å². The smallest absolute Gasteiger partial charge is 0.230 e. The molecule has 1 fully saturated rings. The fourth-order valence-electron chi connectivity index (χ4n) is 1.92. The molecule has 2 rings (SSSR count). The second kappa shape index (κ2) is 9.22. The Balaban J connectivity index is 1.61. The summed E-state index contributed by atoms with van der Waals surface area (Å²) in [5.74, 6) is 0.391. The van der Waals surface area contributed by atoms with Gasteiger partial charge in [0.2, 0.25) is 11.0 Å². The molecular weight excluding hydrogens is 308 g/mol. The summed E-state index contributed by atoms with van der Waals surface area (Å²) >= 11 is 2.92. The minimum atomic E-state index is 0.0196. The average molecular weight is 330 g/mol. The van der Waals surface area contributed by atoms with E-state index in [0.29, 0.717) is 12.3 Å². The summed E-state index contributed by atoms with van der Waals surface area (Å²) in [5, 5.41) is 15.1. The quantitative estimate of drug-likeness (QED) is 0.534. The molecule has 0 saturated carbocycles.